The summed E-state index contributed by atoms with van der Waals surface area (Å²) in [5.74, 6) is 0. The lowest BCUT2D eigenvalue weighted by Gasteiger charge is -2.04. The summed E-state index contributed by atoms with van der Waals surface area (Å²) in [7, 11) is 0. The summed E-state index contributed by atoms with van der Waals surface area (Å²) >= 11 is 3.25. The van der Waals surface area contributed by atoms with Crippen molar-refractivity contribution in [2.24, 2.45) is 5.73 Å². The summed E-state index contributed by atoms with van der Waals surface area (Å²) < 4.78 is 13.8. The zero-order chi connectivity index (χ0) is 8.27. The quantitative estimate of drug-likeness (QED) is 0.810. The molecule has 0 unspecified atom stereocenters. The highest BCUT2D eigenvalue weighted by Crippen LogP contribution is 2.19. The summed E-state index contributed by atoms with van der Waals surface area (Å²) in [5, 5.41) is 0. The van der Waals surface area contributed by atoms with Crippen molar-refractivity contribution < 1.29 is 4.39 Å². The van der Waals surface area contributed by atoms with Crippen LogP contribution >= 0.6 is 15.9 Å². The van der Waals surface area contributed by atoms with Crippen molar-refractivity contribution in [2.45, 2.75) is 6.17 Å². The molecule has 11 heavy (non-hydrogen) atoms. The molecule has 1 aromatic carbocycles. The van der Waals surface area contributed by atoms with Crippen LogP contribution in [0.4, 0.5) is 4.39 Å². The summed E-state index contributed by atoms with van der Waals surface area (Å²) in [4.78, 5) is 0. The topological polar surface area (TPSA) is 26.0 Å². The van der Waals surface area contributed by atoms with Crippen molar-refractivity contribution in [2.75, 3.05) is 6.54 Å². The molecule has 0 saturated heterocycles. The summed E-state index contributed by atoms with van der Waals surface area (Å²) in [6, 6.07) is 7.11. The van der Waals surface area contributed by atoms with Crippen LogP contribution < -0.4 is 5.73 Å². The van der Waals surface area contributed by atoms with Crippen LogP contribution in [0.15, 0.2) is 28.7 Å². The zero-order valence-corrected chi connectivity index (χ0v) is 7.51. The third-order valence-electron chi connectivity index (χ3n) is 1.42. The first kappa shape index (κ1) is 8.68. The normalized spacial score (nSPS) is 13.0. The van der Waals surface area contributed by atoms with Crippen molar-refractivity contribution >= 4 is 15.9 Å². The van der Waals surface area contributed by atoms with Gasteiger partial charge >= 0.3 is 0 Å². The molecular formula is C8H9BrFN. The van der Waals surface area contributed by atoms with E-state index in [9.17, 15) is 4.39 Å². The molecule has 1 aromatic rings. The van der Waals surface area contributed by atoms with E-state index in [4.69, 9.17) is 5.73 Å². The standard InChI is InChI=1S/C8H9BrFN/c9-7-3-1-2-6(4-7)8(10)5-11/h1-4,8H,5,11H2/t8-/m0/s1. The van der Waals surface area contributed by atoms with Crippen LogP contribution in [0.1, 0.15) is 11.7 Å². The third-order valence-corrected chi connectivity index (χ3v) is 1.91. The Labute approximate surface area is 73.5 Å². The van der Waals surface area contributed by atoms with Crippen molar-refractivity contribution in [1.29, 1.82) is 0 Å². The highest BCUT2D eigenvalue weighted by atomic mass is 79.9. The second-order valence-corrected chi connectivity index (χ2v) is 3.17. The molecule has 0 fully saturated rings. The van der Waals surface area contributed by atoms with Gasteiger partial charge in [-0.15, -0.1) is 0 Å². The summed E-state index contributed by atoms with van der Waals surface area (Å²) in [5.41, 5.74) is 5.79. The lowest BCUT2D eigenvalue weighted by Crippen LogP contribution is -2.07. The van der Waals surface area contributed by atoms with Crippen LogP contribution in [0.5, 0.6) is 0 Å². The zero-order valence-electron chi connectivity index (χ0n) is 5.93. The van der Waals surface area contributed by atoms with Crippen LogP contribution in [-0.2, 0) is 0 Å². The fourth-order valence-electron chi connectivity index (χ4n) is 0.838. The van der Waals surface area contributed by atoms with E-state index < -0.39 is 6.17 Å². The Morgan fingerprint density at radius 2 is 2.27 bits per heavy atom. The number of halogens is 2. The van der Waals surface area contributed by atoms with Gasteiger partial charge in [0.1, 0.15) is 6.17 Å². The molecule has 3 heteroatoms. The van der Waals surface area contributed by atoms with Gasteiger partial charge in [0.25, 0.3) is 0 Å². The minimum atomic E-state index is -1.05. The molecule has 0 radical (unpaired) electrons. The molecule has 0 bridgehead atoms. The molecule has 2 N–H and O–H groups in total. The molecule has 0 saturated carbocycles. The maximum atomic E-state index is 12.9. The van der Waals surface area contributed by atoms with Gasteiger partial charge in [-0.05, 0) is 17.7 Å². The van der Waals surface area contributed by atoms with Gasteiger partial charge in [0.05, 0.1) is 0 Å². The van der Waals surface area contributed by atoms with E-state index in [1.807, 2.05) is 6.07 Å². The minimum Gasteiger partial charge on any atom is -0.327 e. The Balaban J connectivity index is 2.86. The predicted octanol–water partition coefficient (Wildman–Crippen LogP) is 2.42. The second kappa shape index (κ2) is 3.83. The van der Waals surface area contributed by atoms with Gasteiger partial charge in [0, 0.05) is 11.0 Å². The number of rotatable bonds is 2. The van der Waals surface area contributed by atoms with Crippen molar-refractivity contribution in [3.05, 3.63) is 34.3 Å². The molecule has 60 valence electrons. The number of benzene rings is 1. The van der Waals surface area contributed by atoms with E-state index in [1.165, 1.54) is 0 Å². The van der Waals surface area contributed by atoms with Crippen LogP contribution in [0.3, 0.4) is 0 Å². The summed E-state index contributed by atoms with van der Waals surface area (Å²) in [6.07, 6.45) is -1.05. The largest absolute Gasteiger partial charge is 0.327 e. The summed E-state index contributed by atoms with van der Waals surface area (Å²) in [6.45, 7) is 0.0381. The fourth-order valence-corrected chi connectivity index (χ4v) is 1.25. The maximum absolute atomic E-state index is 12.9. The second-order valence-electron chi connectivity index (χ2n) is 2.26. The average Bonchev–Trinajstić information content (AvgIpc) is 2.03. The number of hydrogen-bond acceptors (Lipinski definition) is 1. The van der Waals surface area contributed by atoms with E-state index in [2.05, 4.69) is 15.9 Å². The lowest BCUT2D eigenvalue weighted by molar-refractivity contribution is 0.353. The van der Waals surface area contributed by atoms with Gasteiger partial charge in [0.15, 0.2) is 0 Å². The first-order valence-electron chi connectivity index (χ1n) is 3.33. The highest BCUT2D eigenvalue weighted by molar-refractivity contribution is 9.10. The molecule has 0 heterocycles. The highest BCUT2D eigenvalue weighted by Gasteiger charge is 2.05. The SMILES string of the molecule is NC[C@H](F)c1cccc(Br)c1. The van der Waals surface area contributed by atoms with Gasteiger partial charge in [-0.1, -0.05) is 28.1 Å². The molecule has 0 spiro atoms. The minimum absolute atomic E-state index is 0.0381. The van der Waals surface area contributed by atoms with Gasteiger partial charge in [0.2, 0.25) is 0 Å². The molecule has 1 nitrogen and oxygen atoms in total. The number of hydrogen-bond donors (Lipinski definition) is 1. The van der Waals surface area contributed by atoms with Gasteiger partial charge in [-0.2, -0.15) is 0 Å². The van der Waals surface area contributed by atoms with E-state index in [0.717, 1.165) is 4.47 Å². The van der Waals surface area contributed by atoms with Crippen molar-refractivity contribution in [3.63, 3.8) is 0 Å². The third kappa shape index (κ3) is 2.27. The van der Waals surface area contributed by atoms with E-state index in [-0.39, 0.29) is 6.54 Å². The smallest absolute Gasteiger partial charge is 0.137 e. The molecule has 1 rings (SSSR count). The molecule has 0 aromatic heterocycles. The molecule has 1 atom stereocenters. The monoisotopic (exact) mass is 217 g/mol. The van der Waals surface area contributed by atoms with Gasteiger partial charge in [-0.3, -0.25) is 0 Å². The van der Waals surface area contributed by atoms with Crippen molar-refractivity contribution in [3.8, 4) is 0 Å². The van der Waals surface area contributed by atoms with Crippen LogP contribution in [0.2, 0.25) is 0 Å². The Bertz CT molecular complexity index is 239. The van der Waals surface area contributed by atoms with E-state index >= 15 is 0 Å². The van der Waals surface area contributed by atoms with E-state index in [1.54, 1.807) is 18.2 Å². The number of alkyl halides is 1. The van der Waals surface area contributed by atoms with Crippen molar-refractivity contribution in [1.82, 2.24) is 0 Å². The van der Waals surface area contributed by atoms with Gasteiger partial charge in [-0.25, -0.2) is 4.39 Å². The molecule has 0 aliphatic carbocycles. The Morgan fingerprint density at radius 3 is 2.82 bits per heavy atom. The Hall–Kier alpha value is -0.410. The van der Waals surface area contributed by atoms with Crippen LogP contribution in [0.25, 0.3) is 0 Å². The number of nitrogens with two attached hydrogens (primary N) is 1. The lowest BCUT2D eigenvalue weighted by atomic mass is 10.1. The van der Waals surface area contributed by atoms with Crippen LogP contribution in [-0.4, -0.2) is 6.54 Å². The molecule has 0 aliphatic rings. The molecular weight excluding hydrogens is 209 g/mol. The van der Waals surface area contributed by atoms with Gasteiger partial charge < -0.3 is 5.73 Å². The van der Waals surface area contributed by atoms with E-state index in [0.29, 0.717) is 5.56 Å². The molecule has 0 amide bonds. The molecule has 0 aliphatic heterocycles. The Kier molecular flexibility index (Phi) is 3.02. The van der Waals surface area contributed by atoms with Crippen LogP contribution in [0, 0.1) is 0 Å². The first-order valence-corrected chi connectivity index (χ1v) is 4.13. The first-order chi connectivity index (χ1) is 5.24. The fraction of sp³-hybridized carbons (Fsp3) is 0.250. The average molecular weight is 218 g/mol. The maximum Gasteiger partial charge on any atom is 0.137 e. The predicted molar refractivity (Wildman–Crippen MR) is 47.0 cm³/mol. The Morgan fingerprint density at radius 1 is 1.55 bits per heavy atom.